The van der Waals surface area contributed by atoms with Crippen LogP contribution in [-0.2, 0) is 27.4 Å². The Bertz CT molecular complexity index is 817. The molecule has 0 saturated carbocycles. The molecule has 1 unspecified atom stereocenters. The van der Waals surface area contributed by atoms with E-state index in [1.165, 1.54) is 12.1 Å². The van der Waals surface area contributed by atoms with E-state index in [0.717, 1.165) is 23.3 Å². The fourth-order valence-corrected chi connectivity index (χ4v) is 4.25. The van der Waals surface area contributed by atoms with E-state index < -0.39 is 0 Å². The first-order valence-corrected chi connectivity index (χ1v) is 11.3. The number of thiophene rings is 1. The molecule has 1 aliphatic heterocycles. The number of halogens is 1. The molecule has 1 saturated heterocycles. The van der Waals surface area contributed by atoms with Crippen molar-refractivity contribution in [3.8, 4) is 0 Å². The Morgan fingerprint density at radius 1 is 1.17 bits per heavy atom. The molecule has 1 aliphatic rings. The Morgan fingerprint density at radius 3 is 2.53 bits per heavy atom. The minimum Gasteiger partial charge on any atom is -0.376 e. The molecular weight excluding hydrogens is 403 g/mol. The largest absolute Gasteiger partial charge is 0.376 e. The second-order valence-electron chi connectivity index (χ2n) is 7.96. The van der Waals surface area contributed by atoms with Gasteiger partial charge in [-0.3, -0.25) is 9.59 Å². The number of hydrogen-bond acceptors (Lipinski definition) is 4. The SMILES string of the molecule is CC(C)C(=O)N(CC(=O)N(Cc1ccc(F)cc1)Cc1cccs1)CC1CCCO1. The predicted molar refractivity (Wildman–Crippen MR) is 115 cm³/mol. The fourth-order valence-electron chi connectivity index (χ4n) is 3.53. The van der Waals surface area contributed by atoms with E-state index in [-0.39, 0.29) is 36.2 Å². The molecule has 1 aromatic heterocycles. The minimum atomic E-state index is -0.305. The average molecular weight is 433 g/mol. The Hall–Kier alpha value is -2.25. The predicted octanol–water partition coefficient (Wildman–Crippen LogP) is 4.08. The summed E-state index contributed by atoms with van der Waals surface area (Å²) in [5, 5.41) is 1.97. The first kappa shape index (κ1) is 22.4. The molecule has 7 heteroatoms. The van der Waals surface area contributed by atoms with Crippen molar-refractivity contribution in [1.29, 1.82) is 0 Å². The van der Waals surface area contributed by atoms with Gasteiger partial charge in [0.25, 0.3) is 0 Å². The first-order chi connectivity index (χ1) is 14.4. The van der Waals surface area contributed by atoms with E-state index in [1.807, 2.05) is 31.4 Å². The van der Waals surface area contributed by atoms with Gasteiger partial charge in [0.2, 0.25) is 11.8 Å². The first-order valence-electron chi connectivity index (χ1n) is 10.4. The Kier molecular flexibility index (Phi) is 7.99. The van der Waals surface area contributed by atoms with Crippen LogP contribution in [0.25, 0.3) is 0 Å². The van der Waals surface area contributed by atoms with Crippen molar-refractivity contribution < 1.29 is 18.7 Å². The van der Waals surface area contributed by atoms with Crippen molar-refractivity contribution in [2.24, 2.45) is 5.92 Å². The average Bonchev–Trinajstić information content (AvgIpc) is 3.42. The molecule has 5 nitrogen and oxygen atoms in total. The van der Waals surface area contributed by atoms with Crippen molar-refractivity contribution in [3.05, 3.63) is 58.0 Å². The van der Waals surface area contributed by atoms with Gasteiger partial charge >= 0.3 is 0 Å². The van der Waals surface area contributed by atoms with E-state index in [9.17, 15) is 14.0 Å². The quantitative estimate of drug-likeness (QED) is 0.600. The van der Waals surface area contributed by atoms with Crippen molar-refractivity contribution in [2.45, 2.75) is 45.9 Å². The maximum absolute atomic E-state index is 13.3. The van der Waals surface area contributed by atoms with Crippen LogP contribution in [0.15, 0.2) is 41.8 Å². The highest BCUT2D eigenvalue weighted by atomic mass is 32.1. The summed E-state index contributed by atoms with van der Waals surface area (Å²) in [5.74, 6) is -0.668. The van der Waals surface area contributed by atoms with Crippen LogP contribution in [0.1, 0.15) is 37.1 Å². The van der Waals surface area contributed by atoms with Gasteiger partial charge in [-0.05, 0) is 42.0 Å². The Labute approximate surface area is 181 Å². The van der Waals surface area contributed by atoms with Gasteiger partial charge in [-0.2, -0.15) is 0 Å². The molecule has 2 aromatic rings. The molecule has 0 radical (unpaired) electrons. The number of hydrogen-bond donors (Lipinski definition) is 0. The van der Waals surface area contributed by atoms with E-state index in [1.54, 1.807) is 33.3 Å². The Morgan fingerprint density at radius 2 is 1.93 bits per heavy atom. The number of rotatable bonds is 9. The van der Waals surface area contributed by atoms with Crippen LogP contribution >= 0.6 is 11.3 Å². The molecule has 0 spiro atoms. The summed E-state index contributed by atoms with van der Waals surface area (Å²) in [6, 6.07) is 10.1. The third-order valence-electron chi connectivity index (χ3n) is 5.15. The third-order valence-corrected chi connectivity index (χ3v) is 6.01. The lowest BCUT2D eigenvalue weighted by atomic mass is 10.1. The van der Waals surface area contributed by atoms with Crippen LogP contribution in [-0.4, -0.2) is 47.4 Å². The Balaban J connectivity index is 1.74. The van der Waals surface area contributed by atoms with Crippen LogP contribution < -0.4 is 0 Å². The zero-order valence-electron chi connectivity index (χ0n) is 17.6. The lowest BCUT2D eigenvalue weighted by molar-refractivity contribution is -0.144. The van der Waals surface area contributed by atoms with E-state index >= 15 is 0 Å². The van der Waals surface area contributed by atoms with Crippen molar-refractivity contribution in [2.75, 3.05) is 19.7 Å². The van der Waals surface area contributed by atoms with Gasteiger partial charge in [0.15, 0.2) is 0 Å². The third kappa shape index (κ3) is 6.37. The number of benzene rings is 1. The monoisotopic (exact) mass is 432 g/mol. The number of ether oxygens (including phenoxy) is 1. The zero-order chi connectivity index (χ0) is 21.5. The molecule has 1 fully saturated rings. The lowest BCUT2D eigenvalue weighted by Crippen LogP contribution is -2.46. The van der Waals surface area contributed by atoms with Crippen LogP contribution in [0.5, 0.6) is 0 Å². The standard InChI is InChI=1S/C23H29FN2O3S/c1-17(2)23(28)26(14-20-5-3-11-29-20)16-22(27)25(15-21-6-4-12-30-21)13-18-7-9-19(24)10-8-18/h4,6-10,12,17,20H,3,5,11,13-16H2,1-2H3. The lowest BCUT2D eigenvalue weighted by Gasteiger charge is -2.30. The topological polar surface area (TPSA) is 49.9 Å². The van der Waals surface area contributed by atoms with Crippen LogP contribution in [0, 0.1) is 11.7 Å². The molecular formula is C23H29FN2O3S. The maximum Gasteiger partial charge on any atom is 0.242 e. The summed E-state index contributed by atoms with van der Waals surface area (Å²) in [4.78, 5) is 30.5. The summed E-state index contributed by atoms with van der Waals surface area (Å²) in [5.41, 5.74) is 0.849. The van der Waals surface area contributed by atoms with Crippen LogP contribution in [0.3, 0.4) is 0 Å². The molecule has 0 N–H and O–H groups in total. The number of amides is 2. The van der Waals surface area contributed by atoms with Crippen LogP contribution in [0.4, 0.5) is 4.39 Å². The van der Waals surface area contributed by atoms with Crippen LogP contribution in [0.2, 0.25) is 0 Å². The highest BCUT2D eigenvalue weighted by Crippen LogP contribution is 2.18. The van der Waals surface area contributed by atoms with E-state index in [2.05, 4.69) is 0 Å². The second-order valence-corrected chi connectivity index (χ2v) is 9.00. The molecule has 3 rings (SSSR count). The maximum atomic E-state index is 13.3. The number of nitrogens with zero attached hydrogens (tertiary/aromatic N) is 2. The summed E-state index contributed by atoms with van der Waals surface area (Å²) in [6.45, 7) is 5.67. The smallest absolute Gasteiger partial charge is 0.242 e. The highest BCUT2D eigenvalue weighted by Gasteiger charge is 2.27. The van der Waals surface area contributed by atoms with Gasteiger partial charge in [0, 0.05) is 30.5 Å². The number of carbonyl (C=O) groups excluding carboxylic acids is 2. The second kappa shape index (κ2) is 10.7. The molecule has 2 heterocycles. The number of carbonyl (C=O) groups is 2. The minimum absolute atomic E-state index is 0.0108. The normalized spacial score (nSPS) is 16.1. The molecule has 1 atom stereocenters. The molecule has 2 amide bonds. The van der Waals surface area contributed by atoms with Gasteiger partial charge in [0.1, 0.15) is 5.82 Å². The van der Waals surface area contributed by atoms with Gasteiger partial charge in [0.05, 0.1) is 19.2 Å². The molecule has 0 aliphatic carbocycles. The van der Waals surface area contributed by atoms with Gasteiger partial charge < -0.3 is 14.5 Å². The summed E-state index contributed by atoms with van der Waals surface area (Å²) in [7, 11) is 0. The highest BCUT2D eigenvalue weighted by molar-refractivity contribution is 7.09. The van der Waals surface area contributed by atoms with Crippen molar-refractivity contribution in [3.63, 3.8) is 0 Å². The zero-order valence-corrected chi connectivity index (χ0v) is 18.4. The van der Waals surface area contributed by atoms with Gasteiger partial charge in [-0.25, -0.2) is 4.39 Å². The summed E-state index contributed by atoms with van der Waals surface area (Å²) in [6.07, 6.45) is 1.88. The molecule has 0 bridgehead atoms. The summed E-state index contributed by atoms with van der Waals surface area (Å²) >= 11 is 1.58. The van der Waals surface area contributed by atoms with Gasteiger partial charge in [-0.1, -0.05) is 32.0 Å². The summed E-state index contributed by atoms with van der Waals surface area (Å²) < 4.78 is 19.0. The van der Waals surface area contributed by atoms with E-state index in [4.69, 9.17) is 4.74 Å². The van der Waals surface area contributed by atoms with Gasteiger partial charge in [-0.15, -0.1) is 11.3 Å². The fraction of sp³-hybridized carbons (Fsp3) is 0.478. The molecule has 30 heavy (non-hydrogen) atoms. The van der Waals surface area contributed by atoms with Crippen molar-refractivity contribution >= 4 is 23.2 Å². The molecule has 1 aromatic carbocycles. The molecule has 162 valence electrons. The van der Waals surface area contributed by atoms with E-state index in [0.29, 0.717) is 26.2 Å². The van der Waals surface area contributed by atoms with Crippen molar-refractivity contribution in [1.82, 2.24) is 9.80 Å².